The molecule has 0 spiro atoms. The summed E-state index contributed by atoms with van der Waals surface area (Å²) in [5, 5.41) is 0. The minimum absolute atomic E-state index is 0.521. The molecule has 5 heteroatoms. The highest BCUT2D eigenvalue weighted by Gasteiger charge is 2.35. The van der Waals surface area contributed by atoms with Crippen LogP contribution < -0.4 is 13.6 Å². The predicted molar refractivity (Wildman–Crippen MR) is 352 cm³/mol. The molecule has 3 aromatic rings. The molecule has 0 bridgehead atoms. The van der Waals surface area contributed by atoms with Crippen LogP contribution in [0, 0.1) is 20.8 Å². The first-order valence-corrected chi connectivity index (χ1v) is 34.6. The lowest BCUT2D eigenvalue weighted by Gasteiger charge is -2.22. The number of benzene rings is 3. The molecular formula is C75H117O4P. The van der Waals surface area contributed by atoms with Gasteiger partial charge < -0.3 is 13.6 Å². The molecule has 4 nitrogen and oxygen atoms in total. The molecular weight excluding hydrogens is 996 g/mol. The molecule has 0 saturated heterocycles. The molecule has 0 aliphatic carbocycles. The highest BCUT2D eigenvalue weighted by atomic mass is 31.2. The van der Waals surface area contributed by atoms with E-state index in [4.69, 9.17) is 13.6 Å². The summed E-state index contributed by atoms with van der Waals surface area (Å²) in [4.78, 5) is 0. The summed E-state index contributed by atoms with van der Waals surface area (Å²) in [7, 11) is -4.20. The second kappa shape index (κ2) is 48.3. The molecule has 0 aliphatic heterocycles. The van der Waals surface area contributed by atoms with Crippen LogP contribution >= 0.6 is 7.82 Å². The van der Waals surface area contributed by atoms with E-state index in [0.717, 1.165) is 74.5 Å². The average molecular weight is 1110 g/mol. The maximum atomic E-state index is 15.1. The third kappa shape index (κ3) is 36.2. The Kier molecular flexibility index (Phi) is 42.2. The van der Waals surface area contributed by atoms with Crippen LogP contribution in [-0.4, -0.2) is 0 Å². The number of hydrogen-bond donors (Lipinski definition) is 0. The van der Waals surface area contributed by atoms with E-state index in [1.165, 1.54) is 209 Å². The van der Waals surface area contributed by atoms with Gasteiger partial charge >= 0.3 is 7.82 Å². The number of phosphoric acid groups is 1. The second-order valence-electron chi connectivity index (χ2n) is 23.0. The smallest absolute Gasteiger partial charge is 0.386 e. The SMILES string of the molecule is CCCCC/C=C\C/C=C\CCCCCCCCc1ccc(OP(=O)(Oc2ccc(CCCCCCCC/C=C\C/C=C\CCCCC)cc2C)Oc2ccc(CCCCCCCC/C=C\C/C=C\CCCCC)cc2C)c(C)c1. The number of phosphoric ester groups is 1. The normalized spacial score (nSPS) is 12.3. The van der Waals surface area contributed by atoms with Gasteiger partial charge in [0.05, 0.1) is 0 Å². The van der Waals surface area contributed by atoms with Gasteiger partial charge in [-0.15, -0.1) is 0 Å². The molecule has 0 atom stereocenters. The summed E-state index contributed by atoms with van der Waals surface area (Å²) in [5.74, 6) is 1.56. The van der Waals surface area contributed by atoms with Crippen LogP contribution in [0.15, 0.2) is 128 Å². The van der Waals surface area contributed by atoms with E-state index < -0.39 is 7.82 Å². The van der Waals surface area contributed by atoms with E-state index in [2.05, 4.69) is 130 Å². The van der Waals surface area contributed by atoms with Crippen molar-refractivity contribution in [2.45, 2.75) is 292 Å². The van der Waals surface area contributed by atoms with Crippen LogP contribution in [0.2, 0.25) is 0 Å². The molecule has 0 amide bonds. The van der Waals surface area contributed by atoms with Gasteiger partial charge in [0.25, 0.3) is 0 Å². The molecule has 0 aromatic heterocycles. The molecule has 3 rings (SSSR count). The van der Waals surface area contributed by atoms with Crippen LogP contribution in [0.1, 0.15) is 285 Å². The molecule has 0 aliphatic rings. The van der Waals surface area contributed by atoms with Crippen molar-refractivity contribution in [2.24, 2.45) is 0 Å². The first-order chi connectivity index (χ1) is 39.3. The molecule has 0 unspecified atom stereocenters. The van der Waals surface area contributed by atoms with Crippen LogP contribution in [0.25, 0.3) is 0 Å². The van der Waals surface area contributed by atoms with Crippen LogP contribution in [0.4, 0.5) is 0 Å². The maximum Gasteiger partial charge on any atom is 0.647 e. The number of aryl methyl sites for hydroxylation is 6. The van der Waals surface area contributed by atoms with Gasteiger partial charge in [-0.1, -0.05) is 246 Å². The lowest BCUT2D eigenvalue weighted by Crippen LogP contribution is -2.10. The van der Waals surface area contributed by atoms with E-state index in [-0.39, 0.29) is 0 Å². The van der Waals surface area contributed by atoms with Gasteiger partial charge in [-0.05, 0) is 207 Å². The van der Waals surface area contributed by atoms with Gasteiger partial charge in [-0.2, -0.15) is 4.57 Å². The molecule has 0 fully saturated rings. The van der Waals surface area contributed by atoms with Crippen molar-refractivity contribution in [1.29, 1.82) is 0 Å². The lowest BCUT2D eigenvalue weighted by molar-refractivity contribution is 0.296. The summed E-state index contributed by atoms with van der Waals surface area (Å²) in [6.07, 6.45) is 75.9. The van der Waals surface area contributed by atoms with Gasteiger partial charge in [0.1, 0.15) is 17.2 Å². The fourth-order valence-corrected chi connectivity index (χ4v) is 11.7. The summed E-state index contributed by atoms with van der Waals surface area (Å²) in [6, 6.07) is 18.7. The van der Waals surface area contributed by atoms with E-state index in [0.29, 0.717) is 17.2 Å². The lowest BCUT2D eigenvalue weighted by atomic mass is 10.0. The molecule has 0 saturated carbocycles. The van der Waals surface area contributed by atoms with Gasteiger partial charge in [-0.3, -0.25) is 0 Å². The molecule has 3 aromatic carbocycles. The average Bonchev–Trinajstić information content (AvgIpc) is 3.47. The number of allylic oxidation sites excluding steroid dienone is 12. The highest BCUT2D eigenvalue weighted by Crippen LogP contribution is 2.52. The Morgan fingerprint density at radius 3 is 0.762 bits per heavy atom. The summed E-state index contributed by atoms with van der Waals surface area (Å²) in [5.41, 5.74) is 6.60. The Morgan fingerprint density at radius 2 is 0.525 bits per heavy atom. The molecule has 0 heterocycles. The Hall–Kier alpha value is -4.27. The number of rotatable bonds is 51. The van der Waals surface area contributed by atoms with E-state index in [9.17, 15) is 0 Å². The van der Waals surface area contributed by atoms with Gasteiger partial charge in [0.15, 0.2) is 0 Å². The Balaban J connectivity index is 1.51. The van der Waals surface area contributed by atoms with E-state index in [1.54, 1.807) is 0 Å². The third-order valence-corrected chi connectivity index (χ3v) is 16.6. The standard InChI is InChI=1S/C75H117O4P/c1-7-10-13-16-19-22-25-28-31-34-37-40-43-46-49-52-55-70-58-61-73(67(4)64-70)77-80(76,78-74-62-59-71(65-68(74)5)56-53-50-47-44-41-38-35-32-29-26-23-20-17-14-11-8-2)79-75-63-60-72(66-69(75)6)57-54-51-48-45-42-39-36-33-30-27-24-21-18-15-12-9-3/h19-24,28-33,58-66H,7-18,25-27,34-57H2,1-6H3/b22-19-,23-20-,24-21-,31-28-,32-29-,33-30-. The van der Waals surface area contributed by atoms with Crippen LogP contribution in [0.5, 0.6) is 17.2 Å². The van der Waals surface area contributed by atoms with E-state index >= 15 is 4.57 Å². The molecule has 0 N–H and O–H groups in total. The van der Waals surface area contributed by atoms with E-state index in [1.807, 2.05) is 39.0 Å². The van der Waals surface area contributed by atoms with Crippen molar-refractivity contribution in [3.05, 3.63) is 161 Å². The Labute approximate surface area is 493 Å². The maximum absolute atomic E-state index is 15.1. The zero-order valence-electron chi connectivity index (χ0n) is 52.3. The van der Waals surface area contributed by atoms with Gasteiger partial charge in [0.2, 0.25) is 0 Å². The van der Waals surface area contributed by atoms with Crippen LogP contribution in [0.3, 0.4) is 0 Å². The molecule has 446 valence electrons. The zero-order chi connectivity index (χ0) is 57.2. The third-order valence-electron chi connectivity index (χ3n) is 15.3. The van der Waals surface area contributed by atoms with Gasteiger partial charge in [0, 0.05) is 0 Å². The van der Waals surface area contributed by atoms with Crippen LogP contribution in [-0.2, 0) is 23.8 Å². The van der Waals surface area contributed by atoms with Gasteiger partial charge in [-0.25, -0.2) is 0 Å². The van der Waals surface area contributed by atoms with Crippen molar-refractivity contribution in [3.8, 4) is 17.2 Å². The predicted octanol–water partition coefficient (Wildman–Crippen LogP) is 25.3. The topological polar surface area (TPSA) is 44.8 Å². The fourth-order valence-electron chi connectivity index (χ4n) is 10.3. The summed E-state index contributed by atoms with van der Waals surface area (Å²) < 4.78 is 34.3. The first kappa shape index (κ1) is 70.0. The van der Waals surface area contributed by atoms with Crippen molar-refractivity contribution in [3.63, 3.8) is 0 Å². The zero-order valence-corrected chi connectivity index (χ0v) is 53.2. The fraction of sp³-hybridized carbons (Fsp3) is 0.600. The highest BCUT2D eigenvalue weighted by molar-refractivity contribution is 7.49. The van der Waals surface area contributed by atoms with Crippen molar-refractivity contribution < 1.29 is 18.1 Å². The first-order valence-electron chi connectivity index (χ1n) is 33.1. The summed E-state index contributed by atoms with van der Waals surface area (Å²) >= 11 is 0. The van der Waals surface area contributed by atoms with Crippen molar-refractivity contribution >= 4 is 7.82 Å². The monoisotopic (exact) mass is 1110 g/mol. The Bertz CT molecular complexity index is 1980. The second-order valence-corrected chi connectivity index (χ2v) is 24.5. The molecule has 80 heavy (non-hydrogen) atoms. The quantitative estimate of drug-likeness (QED) is 0.0321. The van der Waals surface area contributed by atoms with Crippen molar-refractivity contribution in [2.75, 3.05) is 0 Å². The molecule has 0 radical (unpaired) electrons. The van der Waals surface area contributed by atoms with Crippen molar-refractivity contribution in [1.82, 2.24) is 0 Å². The minimum Gasteiger partial charge on any atom is -0.386 e. The minimum atomic E-state index is -4.20. The Morgan fingerprint density at radius 1 is 0.300 bits per heavy atom. The number of hydrogen-bond acceptors (Lipinski definition) is 4. The summed E-state index contributed by atoms with van der Waals surface area (Å²) in [6.45, 7) is 12.9. The largest absolute Gasteiger partial charge is 0.647 e. The number of unbranched alkanes of at least 4 members (excludes halogenated alkanes) is 27.